The lowest BCUT2D eigenvalue weighted by atomic mass is 9.89. The molecular weight excluding hydrogens is 313 g/mol. The lowest BCUT2D eigenvalue weighted by molar-refractivity contribution is 0.0865. The van der Waals surface area contributed by atoms with Crippen LogP contribution in [0.2, 0.25) is 0 Å². The van der Waals surface area contributed by atoms with Crippen LogP contribution in [0.5, 0.6) is 0 Å². The third kappa shape index (κ3) is 5.28. The Labute approximate surface area is 121 Å². The maximum atomic E-state index is 13.7. The highest BCUT2D eigenvalue weighted by molar-refractivity contribution is 9.10. The predicted octanol–water partition coefficient (Wildman–Crippen LogP) is 3.12. The molecule has 0 saturated carbocycles. The standard InChI is InChI=1S/C14H19BrFNO2/c1-14(2,3)7-9(18)8-17-13(19)10-5-4-6-11(15)12(10)16/h4-6,9,18H,7-8H2,1-3H3,(H,17,19). The molecule has 0 bridgehead atoms. The average molecular weight is 332 g/mol. The van der Waals surface area contributed by atoms with E-state index in [1.54, 1.807) is 6.07 Å². The minimum atomic E-state index is -0.640. The number of hydrogen-bond acceptors (Lipinski definition) is 2. The van der Waals surface area contributed by atoms with Gasteiger partial charge in [0.05, 0.1) is 16.1 Å². The predicted molar refractivity (Wildman–Crippen MR) is 76.5 cm³/mol. The number of hydrogen-bond donors (Lipinski definition) is 2. The largest absolute Gasteiger partial charge is 0.391 e. The molecule has 0 heterocycles. The molecule has 0 aliphatic carbocycles. The highest BCUT2D eigenvalue weighted by Crippen LogP contribution is 2.21. The minimum Gasteiger partial charge on any atom is -0.391 e. The van der Waals surface area contributed by atoms with Gasteiger partial charge in [0.2, 0.25) is 0 Å². The van der Waals surface area contributed by atoms with E-state index < -0.39 is 17.8 Å². The maximum absolute atomic E-state index is 13.7. The third-order valence-electron chi connectivity index (χ3n) is 2.54. The molecule has 1 unspecified atom stereocenters. The summed E-state index contributed by atoms with van der Waals surface area (Å²) in [6, 6.07) is 4.53. The zero-order valence-electron chi connectivity index (χ0n) is 11.3. The summed E-state index contributed by atoms with van der Waals surface area (Å²) < 4.78 is 13.9. The molecule has 0 aliphatic heterocycles. The van der Waals surface area contributed by atoms with Crippen molar-refractivity contribution in [3.8, 4) is 0 Å². The second-order valence-corrected chi connectivity index (χ2v) is 6.58. The maximum Gasteiger partial charge on any atom is 0.254 e. The topological polar surface area (TPSA) is 49.3 Å². The van der Waals surface area contributed by atoms with Crippen LogP contribution in [-0.2, 0) is 0 Å². The van der Waals surface area contributed by atoms with Crippen LogP contribution in [0.25, 0.3) is 0 Å². The quantitative estimate of drug-likeness (QED) is 0.890. The first kappa shape index (κ1) is 16.1. The van der Waals surface area contributed by atoms with Gasteiger partial charge in [-0.2, -0.15) is 0 Å². The molecule has 0 aliphatic rings. The van der Waals surface area contributed by atoms with E-state index in [9.17, 15) is 14.3 Å². The zero-order chi connectivity index (χ0) is 14.6. The summed E-state index contributed by atoms with van der Waals surface area (Å²) in [5.74, 6) is -1.11. The van der Waals surface area contributed by atoms with E-state index in [2.05, 4.69) is 21.2 Å². The van der Waals surface area contributed by atoms with Crippen molar-refractivity contribution in [1.82, 2.24) is 5.32 Å². The van der Waals surface area contributed by atoms with Crippen molar-refractivity contribution in [2.24, 2.45) is 5.41 Å². The first-order valence-electron chi connectivity index (χ1n) is 6.11. The summed E-state index contributed by atoms with van der Waals surface area (Å²) in [6.07, 6.45) is -0.0759. The average Bonchev–Trinajstić information content (AvgIpc) is 2.27. The second kappa shape index (κ2) is 6.48. The van der Waals surface area contributed by atoms with Gasteiger partial charge in [0.25, 0.3) is 5.91 Å². The van der Waals surface area contributed by atoms with Gasteiger partial charge < -0.3 is 10.4 Å². The van der Waals surface area contributed by atoms with Crippen LogP contribution in [0.15, 0.2) is 22.7 Å². The fourth-order valence-electron chi connectivity index (χ4n) is 1.76. The summed E-state index contributed by atoms with van der Waals surface area (Å²) in [7, 11) is 0. The molecule has 0 spiro atoms. The van der Waals surface area contributed by atoms with Gasteiger partial charge in [0.1, 0.15) is 5.82 Å². The lowest BCUT2D eigenvalue weighted by Gasteiger charge is -2.22. The molecule has 0 fully saturated rings. The number of aliphatic hydroxyl groups is 1. The van der Waals surface area contributed by atoms with Crippen LogP contribution in [-0.4, -0.2) is 23.7 Å². The SMILES string of the molecule is CC(C)(C)CC(O)CNC(=O)c1cccc(Br)c1F. The van der Waals surface area contributed by atoms with Crippen molar-refractivity contribution in [2.75, 3.05) is 6.54 Å². The van der Waals surface area contributed by atoms with E-state index in [0.717, 1.165) is 0 Å². The van der Waals surface area contributed by atoms with E-state index in [1.165, 1.54) is 12.1 Å². The van der Waals surface area contributed by atoms with E-state index in [-0.39, 0.29) is 22.0 Å². The first-order chi connectivity index (χ1) is 8.70. The van der Waals surface area contributed by atoms with Gasteiger partial charge in [0.15, 0.2) is 0 Å². The summed E-state index contributed by atoms with van der Waals surface area (Å²) >= 11 is 3.03. The summed E-state index contributed by atoms with van der Waals surface area (Å²) in [5, 5.41) is 12.3. The molecule has 1 aromatic carbocycles. The van der Waals surface area contributed by atoms with Crippen LogP contribution in [0.1, 0.15) is 37.6 Å². The minimum absolute atomic E-state index is 0.0226. The lowest BCUT2D eigenvalue weighted by Crippen LogP contribution is -2.34. The summed E-state index contributed by atoms with van der Waals surface area (Å²) in [6.45, 7) is 6.13. The first-order valence-corrected chi connectivity index (χ1v) is 6.90. The van der Waals surface area contributed by atoms with Gasteiger partial charge in [-0.25, -0.2) is 4.39 Å². The normalized spacial score (nSPS) is 13.2. The number of nitrogens with one attached hydrogen (secondary N) is 1. The molecule has 5 heteroatoms. The Balaban J connectivity index is 2.59. The second-order valence-electron chi connectivity index (χ2n) is 5.73. The van der Waals surface area contributed by atoms with Crippen LogP contribution in [0.4, 0.5) is 4.39 Å². The molecule has 1 rings (SSSR count). The van der Waals surface area contributed by atoms with Crippen LogP contribution < -0.4 is 5.32 Å². The monoisotopic (exact) mass is 331 g/mol. The van der Waals surface area contributed by atoms with Gasteiger partial charge in [0, 0.05) is 6.54 Å². The smallest absolute Gasteiger partial charge is 0.254 e. The van der Waals surface area contributed by atoms with Crippen molar-refractivity contribution in [3.05, 3.63) is 34.1 Å². The Morgan fingerprint density at radius 1 is 1.47 bits per heavy atom. The van der Waals surface area contributed by atoms with Crippen molar-refractivity contribution in [1.29, 1.82) is 0 Å². The number of halogens is 2. The van der Waals surface area contributed by atoms with Crippen LogP contribution >= 0.6 is 15.9 Å². The fourth-order valence-corrected chi connectivity index (χ4v) is 2.13. The van der Waals surface area contributed by atoms with Gasteiger partial charge in [-0.3, -0.25) is 4.79 Å². The van der Waals surface area contributed by atoms with Gasteiger partial charge in [-0.05, 0) is 39.9 Å². The molecular formula is C14H19BrFNO2. The summed E-state index contributed by atoms with van der Waals surface area (Å²) in [5.41, 5.74) is -0.0529. The number of carbonyl (C=O) groups excluding carboxylic acids is 1. The molecule has 0 aromatic heterocycles. The summed E-state index contributed by atoms with van der Waals surface area (Å²) in [4.78, 5) is 11.8. The van der Waals surface area contributed by atoms with Gasteiger partial charge in [-0.15, -0.1) is 0 Å². The van der Waals surface area contributed by atoms with E-state index >= 15 is 0 Å². The van der Waals surface area contributed by atoms with Crippen molar-refractivity contribution >= 4 is 21.8 Å². The van der Waals surface area contributed by atoms with Gasteiger partial charge in [-0.1, -0.05) is 26.8 Å². The van der Waals surface area contributed by atoms with Gasteiger partial charge >= 0.3 is 0 Å². The molecule has 106 valence electrons. The Hall–Kier alpha value is -0.940. The molecule has 3 nitrogen and oxygen atoms in total. The number of carbonyl (C=O) groups is 1. The van der Waals surface area contributed by atoms with E-state index in [0.29, 0.717) is 6.42 Å². The van der Waals surface area contributed by atoms with Crippen LogP contribution in [0, 0.1) is 11.2 Å². The molecule has 1 amide bonds. The zero-order valence-corrected chi connectivity index (χ0v) is 12.9. The number of aliphatic hydroxyl groups excluding tert-OH is 1. The third-order valence-corrected chi connectivity index (χ3v) is 3.15. The Morgan fingerprint density at radius 3 is 2.68 bits per heavy atom. The van der Waals surface area contributed by atoms with Crippen molar-refractivity contribution in [3.63, 3.8) is 0 Å². The Bertz CT molecular complexity index is 457. The molecule has 19 heavy (non-hydrogen) atoms. The number of rotatable bonds is 4. The molecule has 1 aromatic rings. The van der Waals surface area contributed by atoms with Crippen molar-refractivity contribution < 1.29 is 14.3 Å². The number of amides is 1. The highest BCUT2D eigenvalue weighted by Gasteiger charge is 2.19. The van der Waals surface area contributed by atoms with Crippen molar-refractivity contribution in [2.45, 2.75) is 33.3 Å². The molecule has 0 radical (unpaired) electrons. The Kier molecular flexibility index (Phi) is 5.50. The Morgan fingerprint density at radius 2 is 2.11 bits per heavy atom. The van der Waals surface area contributed by atoms with Crippen LogP contribution in [0.3, 0.4) is 0 Å². The number of benzene rings is 1. The highest BCUT2D eigenvalue weighted by atomic mass is 79.9. The molecule has 2 N–H and O–H groups in total. The fraction of sp³-hybridized carbons (Fsp3) is 0.500. The molecule has 0 saturated heterocycles. The molecule has 1 atom stereocenters. The van der Waals surface area contributed by atoms with E-state index in [4.69, 9.17) is 0 Å². The van der Waals surface area contributed by atoms with E-state index in [1.807, 2.05) is 20.8 Å².